The molecule has 25 heavy (non-hydrogen) atoms. The number of benzene rings is 2. The molecule has 0 aliphatic carbocycles. The number of carbonyl (C=O) groups is 1. The van der Waals surface area contributed by atoms with E-state index in [1.807, 2.05) is 60.7 Å². The van der Waals surface area contributed by atoms with Gasteiger partial charge in [-0.05, 0) is 17.5 Å². The van der Waals surface area contributed by atoms with E-state index in [9.17, 15) is 13.2 Å². The highest BCUT2D eigenvalue weighted by molar-refractivity contribution is 7.88. The van der Waals surface area contributed by atoms with Gasteiger partial charge in [-0.25, -0.2) is 12.7 Å². The first kappa shape index (κ1) is 19.1. The first-order chi connectivity index (χ1) is 11.9. The molecule has 0 unspecified atom stereocenters. The molecule has 0 saturated carbocycles. The summed E-state index contributed by atoms with van der Waals surface area (Å²) in [6.45, 7) is 1.00. The van der Waals surface area contributed by atoms with Crippen LogP contribution in [0.1, 0.15) is 17.5 Å². The molecule has 5 nitrogen and oxygen atoms in total. The van der Waals surface area contributed by atoms with Crippen molar-refractivity contribution < 1.29 is 13.2 Å². The quantitative estimate of drug-likeness (QED) is 0.745. The highest BCUT2D eigenvalue weighted by atomic mass is 32.2. The van der Waals surface area contributed by atoms with Crippen LogP contribution in [-0.4, -0.2) is 38.0 Å². The van der Waals surface area contributed by atoms with Crippen molar-refractivity contribution in [1.82, 2.24) is 9.62 Å². The van der Waals surface area contributed by atoms with Gasteiger partial charge in [0.15, 0.2) is 0 Å². The van der Waals surface area contributed by atoms with Crippen LogP contribution >= 0.6 is 0 Å². The molecule has 0 radical (unpaired) electrons. The fourth-order valence-electron chi connectivity index (χ4n) is 2.45. The average Bonchev–Trinajstić information content (AvgIpc) is 2.60. The summed E-state index contributed by atoms with van der Waals surface area (Å²) in [5, 5.41) is 2.82. The summed E-state index contributed by atoms with van der Waals surface area (Å²) >= 11 is 0. The monoisotopic (exact) mass is 360 g/mol. The minimum absolute atomic E-state index is 0.148. The highest BCUT2D eigenvalue weighted by Crippen LogP contribution is 2.06. The van der Waals surface area contributed by atoms with Gasteiger partial charge in [-0.1, -0.05) is 60.7 Å². The lowest BCUT2D eigenvalue weighted by Crippen LogP contribution is -2.35. The van der Waals surface area contributed by atoms with E-state index in [2.05, 4.69) is 5.32 Å². The minimum atomic E-state index is -3.34. The number of rotatable bonds is 9. The Kier molecular flexibility index (Phi) is 7.16. The summed E-state index contributed by atoms with van der Waals surface area (Å²) in [6.07, 6.45) is 1.95. The summed E-state index contributed by atoms with van der Waals surface area (Å²) in [5.41, 5.74) is 2.09. The average molecular weight is 360 g/mol. The summed E-state index contributed by atoms with van der Waals surface area (Å²) in [6, 6.07) is 19.3. The Bertz CT molecular complexity index is 762. The Morgan fingerprint density at radius 1 is 0.920 bits per heavy atom. The fraction of sp³-hybridized carbons (Fsp3) is 0.316. The van der Waals surface area contributed by atoms with Crippen molar-refractivity contribution in [1.29, 1.82) is 0 Å². The van der Waals surface area contributed by atoms with Crippen LogP contribution in [0.2, 0.25) is 0 Å². The molecule has 0 aliphatic rings. The maximum Gasteiger partial charge on any atom is 0.221 e. The van der Waals surface area contributed by atoms with Crippen LogP contribution in [0.4, 0.5) is 0 Å². The zero-order chi connectivity index (χ0) is 18.1. The predicted molar refractivity (Wildman–Crippen MR) is 99.5 cm³/mol. The van der Waals surface area contributed by atoms with Gasteiger partial charge in [0, 0.05) is 26.1 Å². The van der Waals surface area contributed by atoms with Crippen molar-refractivity contribution >= 4 is 15.9 Å². The summed E-state index contributed by atoms with van der Waals surface area (Å²) in [7, 11) is -3.34. The maximum atomic E-state index is 12.0. The van der Waals surface area contributed by atoms with Crippen LogP contribution < -0.4 is 5.32 Å². The topological polar surface area (TPSA) is 66.5 Å². The molecule has 0 atom stereocenters. The molecule has 2 aromatic carbocycles. The summed E-state index contributed by atoms with van der Waals surface area (Å²) in [4.78, 5) is 12.0. The standard InChI is InChI=1S/C19H24N2O3S/c1-25(23,24)21(14-12-17-8-4-2-5-9-17)15-13-19(22)20-16-18-10-6-3-7-11-18/h2-11H,12-16H2,1H3,(H,20,22). The first-order valence-electron chi connectivity index (χ1n) is 8.25. The van der Waals surface area contributed by atoms with Crippen LogP contribution in [0.5, 0.6) is 0 Å². The Balaban J connectivity index is 1.82. The fourth-order valence-corrected chi connectivity index (χ4v) is 3.30. The van der Waals surface area contributed by atoms with Crippen molar-refractivity contribution in [3.05, 3.63) is 71.8 Å². The normalized spacial score (nSPS) is 11.4. The van der Waals surface area contributed by atoms with Crippen molar-refractivity contribution in [2.24, 2.45) is 0 Å². The van der Waals surface area contributed by atoms with Gasteiger partial charge >= 0.3 is 0 Å². The van der Waals surface area contributed by atoms with Gasteiger partial charge in [-0.3, -0.25) is 4.79 Å². The molecule has 0 heterocycles. The van der Waals surface area contributed by atoms with Crippen LogP contribution in [0.3, 0.4) is 0 Å². The number of hydrogen-bond donors (Lipinski definition) is 1. The van der Waals surface area contributed by atoms with Crippen molar-refractivity contribution in [2.45, 2.75) is 19.4 Å². The van der Waals surface area contributed by atoms with E-state index in [1.54, 1.807) is 0 Å². The van der Waals surface area contributed by atoms with Crippen LogP contribution in [0.15, 0.2) is 60.7 Å². The Hall–Kier alpha value is -2.18. The highest BCUT2D eigenvalue weighted by Gasteiger charge is 2.17. The van der Waals surface area contributed by atoms with E-state index in [4.69, 9.17) is 0 Å². The molecular weight excluding hydrogens is 336 g/mol. The molecule has 6 heteroatoms. The lowest BCUT2D eigenvalue weighted by Gasteiger charge is -2.19. The van der Waals surface area contributed by atoms with Gasteiger partial charge in [0.25, 0.3) is 0 Å². The minimum Gasteiger partial charge on any atom is -0.352 e. The van der Waals surface area contributed by atoms with E-state index in [1.165, 1.54) is 10.6 Å². The molecule has 2 rings (SSSR count). The summed E-state index contributed by atoms with van der Waals surface area (Å²) < 4.78 is 25.2. The maximum absolute atomic E-state index is 12.0. The number of carbonyl (C=O) groups excluding carboxylic acids is 1. The second-order valence-electron chi connectivity index (χ2n) is 5.91. The van der Waals surface area contributed by atoms with Gasteiger partial charge in [-0.2, -0.15) is 0 Å². The second-order valence-corrected chi connectivity index (χ2v) is 7.89. The lowest BCUT2D eigenvalue weighted by atomic mass is 10.1. The van der Waals surface area contributed by atoms with Crippen molar-refractivity contribution in [3.8, 4) is 0 Å². The zero-order valence-corrected chi connectivity index (χ0v) is 15.2. The zero-order valence-electron chi connectivity index (χ0n) is 14.4. The molecule has 0 fully saturated rings. The largest absolute Gasteiger partial charge is 0.352 e. The van der Waals surface area contributed by atoms with Gasteiger partial charge in [0.2, 0.25) is 15.9 Å². The number of nitrogens with zero attached hydrogens (tertiary/aromatic N) is 1. The van der Waals surface area contributed by atoms with E-state index < -0.39 is 10.0 Å². The third-order valence-electron chi connectivity index (χ3n) is 3.88. The third kappa shape index (κ3) is 7.07. The number of sulfonamides is 1. The Labute approximate surface area is 149 Å². The third-order valence-corrected chi connectivity index (χ3v) is 5.19. The van der Waals surface area contributed by atoms with Crippen molar-refractivity contribution in [2.75, 3.05) is 19.3 Å². The lowest BCUT2D eigenvalue weighted by molar-refractivity contribution is -0.121. The molecule has 2 aromatic rings. The number of nitrogens with one attached hydrogen (secondary N) is 1. The number of hydrogen-bond acceptors (Lipinski definition) is 3. The van der Waals surface area contributed by atoms with Crippen LogP contribution in [0.25, 0.3) is 0 Å². The molecule has 0 saturated heterocycles. The summed E-state index contributed by atoms with van der Waals surface area (Å²) in [5.74, 6) is -0.155. The SMILES string of the molecule is CS(=O)(=O)N(CCC(=O)NCc1ccccc1)CCc1ccccc1. The molecule has 0 aromatic heterocycles. The van der Waals surface area contributed by atoms with Gasteiger partial charge in [0.05, 0.1) is 6.26 Å². The molecule has 0 bridgehead atoms. The second kappa shape index (κ2) is 9.34. The van der Waals surface area contributed by atoms with Crippen LogP contribution in [-0.2, 0) is 27.8 Å². The molecule has 134 valence electrons. The molecule has 0 spiro atoms. The predicted octanol–water partition coefficient (Wildman–Crippen LogP) is 2.20. The van der Waals surface area contributed by atoms with Crippen LogP contribution in [0, 0.1) is 0 Å². The first-order valence-corrected chi connectivity index (χ1v) is 10.1. The Morgan fingerprint density at radius 2 is 1.48 bits per heavy atom. The van der Waals surface area contributed by atoms with Gasteiger partial charge in [-0.15, -0.1) is 0 Å². The Morgan fingerprint density at radius 3 is 2.04 bits per heavy atom. The molecule has 1 amide bonds. The van der Waals surface area contributed by atoms with E-state index in [-0.39, 0.29) is 18.9 Å². The number of amides is 1. The van der Waals surface area contributed by atoms with E-state index >= 15 is 0 Å². The van der Waals surface area contributed by atoms with Crippen molar-refractivity contribution in [3.63, 3.8) is 0 Å². The van der Waals surface area contributed by atoms with Gasteiger partial charge < -0.3 is 5.32 Å². The molecule has 1 N–H and O–H groups in total. The molecule has 0 aliphatic heterocycles. The van der Waals surface area contributed by atoms with Gasteiger partial charge in [0.1, 0.15) is 0 Å². The smallest absolute Gasteiger partial charge is 0.221 e. The molecular formula is C19H24N2O3S. The van der Waals surface area contributed by atoms with E-state index in [0.29, 0.717) is 19.5 Å². The van der Waals surface area contributed by atoms with E-state index in [0.717, 1.165) is 11.1 Å².